The van der Waals surface area contributed by atoms with Gasteiger partial charge in [-0.3, -0.25) is 9.59 Å². The summed E-state index contributed by atoms with van der Waals surface area (Å²) in [5, 5.41) is 0. The Labute approximate surface area is 175 Å². The average Bonchev–Trinajstić information content (AvgIpc) is 2.74. The number of nitrogens with zero attached hydrogens (tertiary/aromatic N) is 2. The molecule has 4 rings (SSSR count). The van der Waals surface area contributed by atoms with Crippen molar-refractivity contribution < 1.29 is 14.0 Å². The lowest BCUT2D eigenvalue weighted by Gasteiger charge is -2.43. The Hall–Kier alpha value is -3.47. The molecule has 0 aromatic heterocycles. The van der Waals surface area contributed by atoms with Gasteiger partial charge in [0.05, 0.1) is 6.04 Å². The van der Waals surface area contributed by atoms with E-state index >= 15 is 0 Å². The second-order valence-electron chi connectivity index (χ2n) is 7.57. The van der Waals surface area contributed by atoms with E-state index in [0.29, 0.717) is 12.0 Å². The van der Waals surface area contributed by atoms with Crippen LogP contribution in [0.25, 0.3) is 0 Å². The highest BCUT2D eigenvalue weighted by Crippen LogP contribution is 2.42. The molecule has 0 radical (unpaired) electrons. The summed E-state index contributed by atoms with van der Waals surface area (Å²) < 4.78 is 13.3. The van der Waals surface area contributed by atoms with Crippen LogP contribution in [0.15, 0.2) is 78.9 Å². The Morgan fingerprint density at radius 2 is 1.57 bits per heavy atom. The molecule has 0 saturated heterocycles. The van der Waals surface area contributed by atoms with Gasteiger partial charge in [-0.2, -0.15) is 0 Å². The number of halogens is 1. The average molecular weight is 402 g/mol. The Balaban J connectivity index is 1.77. The van der Waals surface area contributed by atoms with Crippen LogP contribution in [0.5, 0.6) is 0 Å². The smallest absolute Gasteiger partial charge is 0.258 e. The summed E-state index contributed by atoms with van der Waals surface area (Å²) in [4.78, 5) is 29.5. The van der Waals surface area contributed by atoms with Crippen molar-refractivity contribution in [3.63, 3.8) is 0 Å². The molecule has 3 aromatic rings. The van der Waals surface area contributed by atoms with E-state index < -0.39 is 0 Å². The largest absolute Gasteiger partial charge is 0.305 e. The van der Waals surface area contributed by atoms with Crippen molar-refractivity contribution in [2.45, 2.75) is 32.4 Å². The van der Waals surface area contributed by atoms with Crippen molar-refractivity contribution in [1.82, 2.24) is 0 Å². The van der Waals surface area contributed by atoms with Crippen molar-refractivity contribution in [1.29, 1.82) is 0 Å². The number of benzene rings is 3. The second kappa shape index (κ2) is 8.11. The van der Waals surface area contributed by atoms with Crippen molar-refractivity contribution in [3.8, 4) is 0 Å². The minimum absolute atomic E-state index is 0.0495. The summed E-state index contributed by atoms with van der Waals surface area (Å²) in [6.07, 6.45) is 0.596. The first-order valence-corrected chi connectivity index (χ1v) is 10.00. The van der Waals surface area contributed by atoms with E-state index in [0.717, 1.165) is 16.9 Å². The molecule has 30 heavy (non-hydrogen) atoms. The van der Waals surface area contributed by atoms with Crippen LogP contribution in [-0.4, -0.2) is 17.9 Å². The molecular formula is C25H23FN2O2. The van der Waals surface area contributed by atoms with Gasteiger partial charge in [0, 0.05) is 29.9 Å². The molecule has 0 saturated carbocycles. The number of carbonyl (C=O) groups is 2. The van der Waals surface area contributed by atoms with Gasteiger partial charge < -0.3 is 9.80 Å². The van der Waals surface area contributed by atoms with Gasteiger partial charge in [0.25, 0.3) is 5.91 Å². The topological polar surface area (TPSA) is 40.6 Å². The monoisotopic (exact) mass is 402 g/mol. The first-order valence-electron chi connectivity index (χ1n) is 10.00. The molecule has 0 bridgehead atoms. The van der Waals surface area contributed by atoms with Crippen molar-refractivity contribution >= 4 is 23.2 Å². The third-order valence-electron chi connectivity index (χ3n) is 5.56. The Morgan fingerprint density at radius 3 is 2.23 bits per heavy atom. The quantitative estimate of drug-likeness (QED) is 0.592. The van der Waals surface area contributed by atoms with E-state index in [1.807, 2.05) is 61.5 Å². The van der Waals surface area contributed by atoms with Crippen LogP contribution >= 0.6 is 0 Å². The van der Waals surface area contributed by atoms with E-state index in [2.05, 4.69) is 0 Å². The molecule has 3 aromatic carbocycles. The summed E-state index contributed by atoms with van der Waals surface area (Å²) >= 11 is 0. The van der Waals surface area contributed by atoms with Gasteiger partial charge in [-0.1, -0.05) is 36.4 Å². The highest BCUT2D eigenvalue weighted by Gasteiger charge is 2.38. The summed E-state index contributed by atoms with van der Waals surface area (Å²) in [6, 6.07) is 22.5. The Morgan fingerprint density at radius 1 is 0.933 bits per heavy atom. The molecule has 0 aliphatic carbocycles. The molecule has 152 valence electrons. The third-order valence-corrected chi connectivity index (χ3v) is 5.56. The van der Waals surface area contributed by atoms with Gasteiger partial charge in [0.15, 0.2) is 0 Å². The Kier molecular flexibility index (Phi) is 5.36. The number of amides is 2. The van der Waals surface area contributed by atoms with Crippen LogP contribution in [0.2, 0.25) is 0 Å². The van der Waals surface area contributed by atoms with Crippen LogP contribution in [0.1, 0.15) is 42.2 Å². The zero-order chi connectivity index (χ0) is 21.3. The molecule has 0 N–H and O–H groups in total. The van der Waals surface area contributed by atoms with Crippen LogP contribution in [0, 0.1) is 5.82 Å². The van der Waals surface area contributed by atoms with Crippen LogP contribution in [0.3, 0.4) is 0 Å². The maximum Gasteiger partial charge on any atom is 0.258 e. The molecule has 2 atom stereocenters. The predicted octanol–water partition coefficient (Wildman–Crippen LogP) is 5.36. The molecule has 2 amide bonds. The lowest BCUT2D eigenvalue weighted by molar-refractivity contribution is -0.117. The van der Waals surface area contributed by atoms with Crippen LogP contribution < -0.4 is 9.80 Å². The third kappa shape index (κ3) is 3.59. The van der Waals surface area contributed by atoms with E-state index in [9.17, 15) is 14.0 Å². The number of rotatable bonds is 3. The number of hydrogen-bond acceptors (Lipinski definition) is 2. The highest BCUT2D eigenvalue weighted by atomic mass is 19.1. The van der Waals surface area contributed by atoms with Gasteiger partial charge >= 0.3 is 0 Å². The van der Waals surface area contributed by atoms with Gasteiger partial charge in [-0.15, -0.1) is 0 Å². The molecule has 1 aliphatic rings. The fourth-order valence-corrected chi connectivity index (χ4v) is 4.24. The molecule has 4 nitrogen and oxygen atoms in total. The number of hydrogen-bond donors (Lipinski definition) is 0. The van der Waals surface area contributed by atoms with E-state index in [4.69, 9.17) is 0 Å². The standard InChI is InChI=1S/C25H23FN2O2/c1-17-16-24(28(18(2)29)21-8-4-3-5-9-21)22-10-6-7-11-23(22)27(17)25(30)19-12-14-20(26)15-13-19/h3-15,17,24H,16H2,1-2H3/t17-,24+/m1/s1. The minimum Gasteiger partial charge on any atom is -0.305 e. The lowest BCUT2D eigenvalue weighted by Crippen LogP contribution is -2.47. The molecular weight excluding hydrogens is 379 g/mol. The van der Waals surface area contributed by atoms with E-state index in [-0.39, 0.29) is 29.7 Å². The SMILES string of the molecule is CC(=O)N(c1ccccc1)[C@H]1C[C@@H](C)N(C(=O)c2ccc(F)cc2)c2ccccc21. The summed E-state index contributed by atoms with van der Waals surface area (Å²) in [5.41, 5.74) is 2.96. The van der Waals surface area contributed by atoms with Gasteiger partial charge in [-0.25, -0.2) is 4.39 Å². The first kappa shape index (κ1) is 19.8. The number of anilines is 2. The normalized spacial score (nSPS) is 17.9. The van der Waals surface area contributed by atoms with Crippen LogP contribution in [-0.2, 0) is 4.79 Å². The highest BCUT2D eigenvalue weighted by molar-refractivity contribution is 6.07. The number of fused-ring (bicyclic) bond motifs is 1. The minimum atomic E-state index is -0.376. The predicted molar refractivity (Wildman–Crippen MR) is 116 cm³/mol. The van der Waals surface area contributed by atoms with Gasteiger partial charge in [-0.05, 0) is 61.4 Å². The maximum absolute atomic E-state index is 13.3. The molecule has 1 aliphatic heterocycles. The summed E-state index contributed by atoms with van der Waals surface area (Å²) in [6.45, 7) is 3.55. The second-order valence-corrected chi connectivity index (χ2v) is 7.57. The van der Waals surface area contributed by atoms with E-state index in [1.165, 1.54) is 24.3 Å². The van der Waals surface area contributed by atoms with E-state index in [1.54, 1.807) is 16.7 Å². The fourth-order valence-electron chi connectivity index (χ4n) is 4.24. The van der Waals surface area contributed by atoms with Crippen molar-refractivity contribution in [3.05, 3.63) is 95.8 Å². The maximum atomic E-state index is 13.3. The lowest BCUT2D eigenvalue weighted by atomic mass is 9.89. The number of carbonyl (C=O) groups excluding carboxylic acids is 2. The van der Waals surface area contributed by atoms with Crippen molar-refractivity contribution in [2.24, 2.45) is 0 Å². The Bertz CT molecular complexity index is 1070. The molecule has 5 heteroatoms. The van der Waals surface area contributed by atoms with Crippen LogP contribution in [0.4, 0.5) is 15.8 Å². The summed E-state index contributed by atoms with van der Waals surface area (Å²) in [5.74, 6) is -0.604. The summed E-state index contributed by atoms with van der Waals surface area (Å²) in [7, 11) is 0. The molecule has 0 spiro atoms. The zero-order valence-electron chi connectivity index (χ0n) is 17.0. The number of para-hydroxylation sites is 2. The van der Waals surface area contributed by atoms with Gasteiger partial charge in [0.1, 0.15) is 5.82 Å². The fraction of sp³-hybridized carbons (Fsp3) is 0.200. The zero-order valence-corrected chi connectivity index (χ0v) is 17.0. The molecule has 0 unspecified atom stereocenters. The molecule has 1 heterocycles. The van der Waals surface area contributed by atoms with Crippen molar-refractivity contribution in [2.75, 3.05) is 9.80 Å². The first-order chi connectivity index (χ1) is 14.5. The van der Waals surface area contributed by atoms with Gasteiger partial charge in [0.2, 0.25) is 5.91 Å². The molecule has 0 fully saturated rings.